The zero-order chi connectivity index (χ0) is 13.8. The van der Waals surface area contributed by atoms with Crippen molar-refractivity contribution >= 4 is 5.91 Å². The zero-order valence-electron chi connectivity index (χ0n) is 11.9. The Hall–Kier alpha value is -1.36. The number of aryl methyl sites for hydroxylation is 1. The van der Waals surface area contributed by atoms with Gasteiger partial charge in [0.1, 0.15) is 0 Å². The predicted molar refractivity (Wildman–Crippen MR) is 74.4 cm³/mol. The number of imidazole rings is 1. The van der Waals surface area contributed by atoms with Crippen LogP contribution in [0.5, 0.6) is 0 Å². The summed E-state index contributed by atoms with van der Waals surface area (Å²) in [5.41, 5.74) is 7.17. The molecule has 2 rings (SSSR count). The third-order valence-electron chi connectivity index (χ3n) is 3.83. The lowest BCUT2D eigenvalue weighted by atomic mass is 10.0. The van der Waals surface area contributed by atoms with E-state index in [1.807, 2.05) is 15.7 Å². The molecule has 1 aliphatic heterocycles. The summed E-state index contributed by atoms with van der Waals surface area (Å²) < 4.78 is 2.01. The van der Waals surface area contributed by atoms with E-state index < -0.39 is 0 Å². The van der Waals surface area contributed by atoms with Crippen molar-refractivity contribution in [1.29, 1.82) is 0 Å². The lowest BCUT2D eigenvalue weighted by Crippen LogP contribution is -2.29. The van der Waals surface area contributed by atoms with Crippen LogP contribution >= 0.6 is 0 Å². The quantitative estimate of drug-likeness (QED) is 0.877. The van der Waals surface area contributed by atoms with Crippen LogP contribution in [0.4, 0.5) is 0 Å². The molecule has 1 atom stereocenters. The van der Waals surface area contributed by atoms with Crippen LogP contribution in [0.1, 0.15) is 44.8 Å². The monoisotopic (exact) mass is 264 g/mol. The molecule has 0 aliphatic carbocycles. The molecule has 1 aliphatic rings. The van der Waals surface area contributed by atoms with Crippen molar-refractivity contribution < 1.29 is 4.79 Å². The minimum absolute atomic E-state index is 0.0237. The van der Waals surface area contributed by atoms with Crippen molar-refractivity contribution in [3.8, 4) is 0 Å². The maximum absolute atomic E-state index is 12.0. The van der Waals surface area contributed by atoms with Gasteiger partial charge in [0, 0.05) is 38.3 Å². The third kappa shape index (κ3) is 3.35. The third-order valence-corrected chi connectivity index (χ3v) is 3.83. The predicted octanol–water partition coefficient (Wildman–Crippen LogP) is 1.55. The Bertz CT molecular complexity index is 421. The molecule has 1 aromatic heterocycles. The first-order valence-corrected chi connectivity index (χ1v) is 7.13. The molecule has 106 valence electrons. The Morgan fingerprint density at radius 1 is 1.42 bits per heavy atom. The molecule has 0 bridgehead atoms. The van der Waals surface area contributed by atoms with Crippen LogP contribution < -0.4 is 5.73 Å². The molecule has 5 nitrogen and oxygen atoms in total. The minimum atomic E-state index is -0.0237. The van der Waals surface area contributed by atoms with Crippen molar-refractivity contribution in [3.63, 3.8) is 0 Å². The van der Waals surface area contributed by atoms with E-state index in [-0.39, 0.29) is 11.9 Å². The van der Waals surface area contributed by atoms with Gasteiger partial charge in [0.25, 0.3) is 0 Å². The van der Waals surface area contributed by atoms with E-state index in [2.05, 4.69) is 18.8 Å². The zero-order valence-corrected chi connectivity index (χ0v) is 11.9. The fraction of sp³-hybridized carbons (Fsp3) is 0.714. The Morgan fingerprint density at radius 3 is 2.74 bits per heavy atom. The highest BCUT2D eigenvalue weighted by Gasteiger charge is 2.19. The average molecular weight is 264 g/mol. The van der Waals surface area contributed by atoms with Crippen molar-refractivity contribution in [2.45, 2.75) is 45.7 Å². The number of rotatable bonds is 5. The summed E-state index contributed by atoms with van der Waals surface area (Å²) in [5, 5.41) is 0. The molecule has 0 spiro atoms. The van der Waals surface area contributed by atoms with E-state index in [1.54, 1.807) is 6.33 Å². The van der Waals surface area contributed by atoms with E-state index in [9.17, 15) is 4.79 Å². The molecule has 1 unspecified atom stereocenters. The Balaban J connectivity index is 1.92. The van der Waals surface area contributed by atoms with Gasteiger partial charge in [-0.3, -0.25) is 4.79 Å². The van der Waals surface area contributed by atoms with Crippen molar-refractivity contribution in [2.75, 3.05) is 13.1 Å². The van der Waals surface area contributed by atoms with E-state index in [0.29, 0.717) is 18.9 Å². The second-order valence-electron chi connectivity index (χ2n) is 5.62. The highest BCUT2D eigenvalue weighted by molar-refractivity contribution is 5.76. The van der Waals surface area contributed by atoms with E-state index in [4.69, 9.17) is 5.73 Å². The Kier molecular flexibility index (Phi) is 4.58. The fourth-order valence-electron chi connectivity index (χ4n) is 2.48. The summed E-state index contributed by atoms with van der Waals surface area (Å²) in [7, 11) is 0. The molecule has 1 saturated heterocycles. The van der Waals surface area contributed by atoms with Crippen LogP contribution in [0.15, 0.2) is 12.5 Å². The minimum Gasteiger partial charge on any atom is -0.343 e. The van der Waals surface area contributed by atoms with Gasteiger partial charge in [-0.2, -0.15) is 0 Å². The summed E-state index contributed by atoms with van der Waals surface area (Å²) in [5.74, 6) is 0.611. The highest BCUT2D eigenvalue weighted by atomic mass is 16.2. The van der Waals surface area contributed by atoms with Gasteiger partial charge in [-0.05, 0) is 18.8 Å². The molecule has 1 aromatic rings. The van der Waals surface area contributed by atoms with E-state index >= 15 is 0 Å². The number of aromatic nitrogens is 2. The number of carbonyl (C=O) groups excluding carboxylic acids is 1. The second kappa shape index (κ2) is 6.19. The maximum atomic E-state index is 12.0. The summed E-state index contributed by atoms with van der Waals surface area (Å²) in [6.07, 6.45) is 6.40. The van der Waals surface area contributed by atoms with Gasteiger partial charge in [0.15, 0.2) is 0 Å². The molecule has 1 fully saturated rings. The summed E-state index contributed by atoms with van der Waals surface area (Å²) in [4.78, 5) is 18.1. The van der Waals surface area contributed by atoms with Crippen LogP contribution in [-0.2, 0) is 11.3 Å². The largest absolute Gasteiger partial charge is 0.343 e. The average Bonchev–Trinajstić information content (AvgIpc) is 3.05. The first-order valence-electron chi connectivity index (χ1n) is 7.13. The summed E-state index contributed by atoms with van der Waals surface area (Å²) >= 11 is 0. The number of carbonyl (C=O) groups is 1. The molecule has 0 radical (unpaired) electrons. The fourth-order valence-corrected chi connectivity index (χ4v) is 2.48. The number of likely N-dealkylation sites (tertiary alicyclic amines) is 1. The number of amides is 1. The number of nitrogens with zero attached hydrogens (tertiary/aromatic N) is 3. The Morgan fingerprint density at radius 2 is 2.11 bits per heavy atom. The SMILES string of the molecule is CC(C)C(N)c1cncn1CCC(=O)N1CCCC1. The maximum Gasteiger partial charge on any atom is 0.224 e. The van der Waals surface area contributed by atoms with Gasteiger partial charge in [-0.1, -0.05) is 13.8 Å². The molecular weight excluding hydrogens is 240 g/mol. The Labute approximate surface area is 114 Å². The van der Waals surface area contributed by atoms with Crippen LogP contribution in [0, 0.1) is 5.92 Å². The summed E-state index contributed by atoms with van der Waals surface area (Å²) in [6, 6.07) is -0.0237. The molecule has 0 saturated carbocycles. The molecule has 0 aromatic carbocycles. The molecule has 1 amide bonds. The number of hydrogen-bond acceptors (Lipinski definition) is 3. The molecule has 2 N–H and O–H groups in total. The normalized spacial score (nSPS) is 17.2. The van der Waals surface area contributed by atoms with Gasteiger partial charge in [-0.25, -0.2) is 4.98 Å². The van der Waals surface area contributed by atoms with Crippen LogP contribution in [-0.4, -0.2) is 33.4 Å². The topological polar surface area (TPSA) is 64.1 Å². The van der Waals surface area contributed by atoms with Gasteiger partial charge in [-0.15, -0.1) is 0 Å². The number of nitrogens with two attached hydrogens (primary N) is 1. The van der Waals surface area contributed by atoms with E-state index in [0.717, 1.165) is 31.6 Å². The number of hydrogen-bond donors (Lipinski definition) is 1. The lowest BCUT2D eigenvalue weighted by Gasteiger charge is -2.19. The van der Waals surface area contributed by atoms with Crippen molar-refractivity contribution in [3.05, 3.63) is 18.2 Å². The van der Waals surface area contributed by atoms with Crippen LogP contribution in [0.2, 0.25) is 0 Å². The first-order chi connectivity index (χ1) is 9.09. The highest BCUT2D eigenvalue weighted by Crippen LogP contribution is 2.19. The van der Waals surface area contributed by atoms with Gasteiger partial charge in [0.05, 0.1) is 12.0 Å². The van der Waals surface area contributed by atoms with Crippen molar-refractivity contribution in [2.24, 2.45) is 11.7 Å². The van der Waals surface area contributed by atoms with Gasteiger partial charge in [0.2, 0.25) is 5.91 Å². The standard InChI is InChI=1S/C14H24N4O/c1-11(2)14(15)12-9-16-10-18(12)8-5-13(19)17-6-3-4-7-17/h9-11,14H,3-8,15H2,1-2H3. The molecule has 19 heavy (non-hydrogen) atoms. The summed E-state index contributed by atoms with van der Waals surface area (Å²) in [6.45, 7) is 6.70. The molecule has 2 heterocycles. The molecule has 5 heteroatoms. The van der Waals surface area contributed by atoms with Gasteiger partial charge < -0.3 is 15.2 Å². The lowest BCUT2D eigenvalue weighted by molar-refractivity contribution is -0.130. The second-order valence-corrected chi connectivity index (χ2v) is 5.62. The first kappa shape index (κ1) is 14.1. The molecular formula is C14H24N4O. The smallest absolute Gasteiger partial charge is 0.224 e. The van der Waals surface area contributed by atoms with Crippen LogP contribution in [0.3, 0.4) is 0 Å². The van der Waals surface area contributed by atoms with Crippen LogP contribution in [0.25, 0.3) is 0 Å². The van der Waals surface area contributed by atoms with Gasteiger partial charge >= 0.3 is 0 Å². The van der Waals surface area contributed by atoms with Crippen molar-refractivity contribution in [1.82, 2.24) is 14.5 Å². The van der Waals surface area contributed by atoms with E-state index in [1.165, 1.54) is 0 Å².